The molecule has 1 aliphatic rings. The van der Waals surface area contributed by atoms with Crippen molar-refractivity contribution < 1.29 is 4.79 Å². The van der Waals surface area contributed by atoms with Crippen molar-refractivity contribution in [2.24, 2.45) is 0 Å². The molecule has 1 saturated carbocycles. The maximum absolute atomic E-state index is 12.4. The minimum absolute atomic E-state index is 0.0161. The first-order valence-corrected chi connectivity index (χ1v) is 7.44. The summed E-state index contributed by atoms with van der Waals surface area (Å²) in [5, 5.41) is 7.65. The maximum atomic E-state index is 12.4. The molecular weight excluding hydrogens is 238 g/mol. The summed E-state index contributed by atoms with van der Waals surface area (Å²) in [7, 11) is 1.99. The van der Waals surface area contributed by atoms with E-state index in [-0.39, 0.29) is 11.3 Å². The third kappa shape index (κ3) is 3.44. The van der Waals surface area contributed by atoms with E-state index in [1.807, 2.05) is 17.9 Å². The Morgan fingerprint density at radius 1 is 1.42 bits per heavy atom. The molecule has 0 atom stereocenters. The van der Waals surface area contributed by atoms with Gasteiger partial charge in [0.05, 0.1) is 11.8 Å². The van der Waals surface area contributed by atoms with Gasteiger partial charge in [0.1, 0.15) is 0 Å². The minimum atomic E-state index is 0.0161. The monoisotopic (exact) mass is 263 g/mol. The van der Waals surface area contributed by atoms with Crippen molar-refractivity contribution in [3.8, 4) is 0 Å². The molecule has 0 unspecified atom stereocenters. The number of aryl methyl sites for hydroxylation is 1. The molecule has 0 radical (unpaired) electrons. The number of carbonyl (C=O) groups excluding carboxylic acids is 1. The van der Waals surface area contributed by atoms with Crippen molar-refractivity contribution in [1.29, 1.82) is 0 Å². The highest BCUT2D eigenvalue weighted by molar-refractivity contribution is 5.96. The molecule has 1 N–H and O–H groups in total. The number of Topliss-reactive ketones (excluding diaryl/α,β-unsaturated/α-hetero) is 1. The van der Waals surface area contributed by atoms with Crippen LogP contribution in [0.4, 0.5) is 0 Å². The Balaban J connectivity index is 2.02. The number of aromatic nitrogens is 2. The van der Waals surface area contributed by atoms with Crippen molar-refractivity contribution >= 4 is 5.78 Å². The van der Waals surface area contributed by atoms with Crippen LogP contribution in [0.2, 0.25) is 0 Å². The Morgan fingerprint density at radius 3 is 2.79 bits per heavy atom. The second kappa shape index (κ2) is 6.33. The van der Waals surface area contributed by atoms with Gasteiger partial charge in [-0.1, -0.05) is 26.2 Å². The van der Waals surface area contributed by atoms with Crippen molar-refractivity contribution in [2.75, 3.05) is 7.05 Å². The van der Waals surface area contributed by atoms with Crippen molar-refractivity contribution in [3.05, 3.63) is 18.0 Å². The standard InChI is InChI=1S/C15H25N3O/c1-3-9-18-12-13(11-17-18)14(19)10-15(16-2)7-5-4-6-8-15/h11-12,16H,3-10H2,1-2H3. The van der Waals surface area contributed by atoms with E-state index in [0.29, 0.717) is 6.42 Å². The number of nitrogens with one attached hydrogen (secondary N) is 1. The first-order chi connectivity index (χ1) is 9.19. The van der Waals surface area contributed by atoms with Crippen LogP contribution in [0.3, 0.4) is 0 Å². The Morgan fingerprint density at radius 2 is 2.16 bits per heavy atom. The normalized spacial score (nSPS) is 18.4. The number of carbonyl (C=O) groups is 1. The molecule has 106 valence electrons. The summed E-state index contributed by atoms with van der Waals surface area (Å²) < 4.78 is 1.86. The second-order valence-electron chi connectivity index (χ2n) is 5.68. The van der Waals surface area contributed by atoms with E-state index in [1.165, 1.54) is 19.3 Å². The fourth-order valence-electron chi connectivity index (χ4n) is 3.01. The Hall–Kier alpha value is -1.16. The van der Waals surface area contributed by atoms with Crippen molar-refractivity contribution in [2.45, 2.75) is 64.0 Å². The SMILES string of the molecule is CCCn1cc(C(=O)CC2(NC)CCCCC2)cn1. The lowest BCUT2D eigenvalue weighted by Gasteiger charge is -2.36. The maximum Gasteiger partial charge on any atom is 0.167 e. The summed E-state index contributed by atoms with van der Waals surface area (Å²) in [4.78, 5) is 12.4. The van der Waals surface area contributed by atoms with Gasteiger partial charge in [-0.05, 0) is 26.3 Å². The molecule has 0 aliphatic heterocycles. The zero-order valence-corrected chi connectivity index (χ0v) is 12.1. The third-order valence-electron chi connectivity index (χ3n) is 4.25. The minimum Gasteiger partial charge on any atom is -0.314 e. The summed E-state index contributed by atoms with van der Waals surface area (Å²) >= 11 is 0. The molecule has 19 heavy (non-hydrogen) atoms. The first kappa shape index (κ1) is 14.3. The molecule has 0 aromatic carbocycles. The zero-order chi connectivity index (χ0) is 13.7. The van der Waals surface area contributed by atoms with E-state index in [4.69, 9.17) is 0 Å². The van der Waals surface area contributed by atoms with Crippen LogP contribution in [0.1, 0.15) is 62.2 Å². The molecule has 4 heteroatoms. The van der Waals surface area contributed by atoms with Gasteiger partial charge in [-0.3, -0.25) is 9.48 Å². The van der Waals surface area contributed by atoms with Gasteiger partial charge in [-0.2, -0.15) is 5.10 Å². The van der Waals surface area contributed by atoms with Crippen LogP contribution >= 0.6 is 0 Å². The average Bonchev–Trinajstić information content (AvgIpc) is 2.89. The van der Waals surface area contributed by atoms with E-state index in [1.54, 1.807) is 6.20 Å². The topological polar surface area (TPSA) is 46.9 Å². The van der Waals surface area contributed by atoms with E-state index in [9.17, 15) is 4.79 Å². The molecule has 1 aromatic heterocycles. The number of hydrogen-bond acceptors (Lipinski definition) is 3. The predicted octanol–water partition coefficient (Wildman–Crippen LogP) is 2.79. The highest BCUT2D eigenvalue weighted by atomic mass is 16.1. The quantitative estimate of drug-likeness (QED) is 0.803. The fourth-order valence-corrected chi connectivity index (χ4v) is 3.01. The summed E-state index contributed by atoms with van der Waals surface area (Å²) in [6.45, 7) is 2.99. The smallest absolute Gasteiger partial charge is 0.167 e. The molecular formula is C15H25N3O. The van der Waals surface area contributed by atoms with Gasteiger partial charge in [0.2, 0.25) is 0 Å². The lowest BCUT2D eigenvalue weighted by Crippen LogP contribution is -2.46. The second-order valence-corrected chi connectivity index (χ2v) is 5.68. The first-order valence-electron chi connectivity index (χ1n) is 7.44. The number of rotatable bonds is 6. The lowest BCUT2D eigenvalue weighted by atomic mass is 9.78. The third-order valence-corrected chi connectivity index (χ3v) is 4.25. The molecule has 2 rings (SSSR count). The van der Waals surface area contributed by atoms with Crippen LogP contribution in [0.25, 0.3) is 0 Å². The molecule has 4 nitrogen and oxygen atoms in total. The number of ketones is 1. The van der Waals surface area contributed by atoms with Crippen LogP contribution in [0.5, 0.6) is 0 Å². The molecule has 1 aromatic rings. The highest BCUT2D eigenvalue weighted by Gasteiger charge is 2.33. The van der Waals surface area contributed by atoms with Crippen molar-refractivity contribution in [3.63, 3.8) is 0 Å². The number of nitrogens with zero attached hydrogens (tertiary/aromatic N) is 2. The molecule has 0 saturated heterocycles. The molecule has 0 bridgehead atoms. The van der Waals surface area contributed by atoms with Crippen LogP contribution in [0, 0.1) is 0 Å². The van der Waals surface area contributed by atoms with E-state index >= 15 is 0 Å². The van der Waals surface area contributed by atoms with Gasteiger partial charge in [0.15, 0.2) is 5.78 Å². The Kier molecular flexibility index (Phi) is 4.75. The Labute approximate surface area is 115 Å². The summed E-state index contributed by atoms with van der Waals surface area (Å²) in [6.07, 6.45) is 11.2. The van der Waals surface area contributed by atoms with Crippen LogP contribution in [0.15, 0.2) is 12.4 Å². The van der Waals surface area contributed by atoms with Crippen molar-refractivity contribution in [1.82, 2.24) is 15.1 Å². The fraction of sp³-hybridized carbons (Fsp3) is 0.733. The highest BCUT2D eigenvalue weighted by Crippen LogP contribution is 2.31. The van der Waals surface area contributed by atoms with Crippen LogP contribution < -0.4 is 5.32 Å². The lowest BCUT2D eigenvalue weighted by molar-refractivity contribution is 0.0914. The van der Waals surface area contributed by atoms with E-state index < -0.39 is 0 Å². The predicted molar refractivity (Wildman–Crippen MR) is 76.3 cm³/mol. The largest absolute Gasteiger partial charge is 0.314 e. The van der Waals surface area contributed by atoms with Gasteiger partial charge >= 0.3 is 0 Å². The Bertz CT molecular complexity index is 419. The molecule has 1 aliphatic carbocycles. The van der Waals surface area contributed by atoms with Crippen LogP contribution in [-0.4, -0.2) is 28.2 Å². The molecule has 0 spiro atoms. The number of hydrogen-bond donors (Lipinski definition) is 1. The van der Waals surface area contributed by atoms with Gasteiger partial charge < -0.3 is 5.32 Å². The molecule has 1 heterocycles. The molecule has 1 fully saturated rings. The van der Waals surface area contributed by atoms with Gasteiger partial charge in [0.25, 0.3) is 0 Å². The average molecular weight is 263 g/mol. The summed E-state index contributed by atoms with van der Waals surface area (Å²) in [5.74, 6) is 0.221. The van der Waals surface area contributed by atoms with Gasteiger partial charge in [-0.25, -0.2) is 0 Å². The van der Waals surface area contributed by atoms with E-state index in [2.05, 4.69) is 17.3 Å². The zero-order valence-electron chi connectivity index (χ0n) is 12.1. The summed E-state index contributed by atoms with van der Waals surface area (Å²) in [6, 6.07) is 0. The van der Waals surface area contributed by atoms with E-state index in [0.717, 1.165) is 31.4 Å². The van der Waals surface area contributed by atoms with Gasteiger partial charge in [-0.15, -0.1) is 0 Å². The van der Waals surface area contributed by atoms with Crippen LogP contribution in [-0.2, 0) is 6.54 Å². The van der Waals surface area contributed by atoms with Gasteiger partial charge in [0, 0.05) is 24.7 Å². The molecule has 0 amide bonds. The summed E-state index contributed by atoms with van der Waals surface area (Å²) in [5.41, 5.74) is 0.774.